The van der Waals surface area contributed by atoms with E-state index in [9.17, 15) is 9.90 Å². The van der Waals surface area contributed by atoms with E-state index >= 15 is 0 Å². The molecular formula is C15H19Cl2NO2. The second kappa shape index (κ2) is 7.30. The monoisotopic (exact) mass is 315 g/mol. The quantitative estimate of drug-likeness (QED) is 0.896. The number of carbonyl (C=O) groups is 1. The largest absolute Gasteiger partial charge is 0.481 e. The van der Waals surface area contributed by atoms with Crippen LogP contribution in [0, 0.1) is 0 Å². The van der Waals surface area contributed by atoms with Gasteiger partial charge >= 0.3 is 5.97 Å². The van der Waals surface area contributed by atoms with Crippen LogP contribution in [-0.4, -0.2) is 29.1 Å². The average Bonchev–Trinajstić information content (AvgIpc) is 2.68. The van der Waals surface area contributed by atoms with Crippen molar-refractivity contribution in [3.8, 4) is 0 Å². The van der Waals surface area contributed by atoms with Crippen LogP contribution in [0.5, 0.6) is 0 Å². The molecule has 110 valence electrons. The molecule has 0 saturated carbocycles. The van der Waals surface area contributed by atoms with E-state index in [-0.39, 0.29) is 12.5 Å². The van der Waals surface area contributed by atoms with Crippen LogP contribution in [0.4, 0.5) is 0 Å². The Balaban J connectivity index is 2.25. The van der Waals surface area contributed by atoms with E-state index < -0.39 is 5.97 Å². The lowest BCUT2D eigenvalue weighted by Gasteiger charge is -2.30. The maximum atomic E-state index is 11.2. The molecule has 0 amide bonds. The first kappa shape index (κ1) is 15.6. The zero-order chi connectivity index (χ0) is 14.5. The van der Waals surface area contributed by atoms with E-state index in [0.717, 1.165) is 31.5 Å². The van der Waals surface area contributed by atoms with Crippen LogP contribution in [0.15, 0.2) is 18.2 Å². The van der Waals surface area contributed by atoms with E-state index in [0.29, 0.717) is 10.0 Å². The number of aliphatic carboxylic acids is 1. The molecule has 0 radical (unpaired) electrons. The minimum absolute atomic E-state index is 0.0952. The summed E-state index contributed by atoms with van der Waals surface area (Å²) < 4.78 is 0. The Labute approximate surface area is 129 Å². The van der Waals surface area contributed by atoms with E-state index in [1.54, 1.807) is 12.1 Å². The Morgan fingerprint density at radius 2 is 1.80 bits per heavy atom. The van der Waals surface area contributed by atoms with Crippen LogP contribution in [-0.2, 0) is 4.79 Å². The summed E-state index contributed by atoms with van der Waals surface area (Å²) in [6.07, 6.45) is 4.78. The summed E-state index contributed by atoms with van der Waals surface area (Å²) in [5.41, 5.74) is 0.934. The lowest BCUT2D eigenvalue weighted by atomic mass is 10.0. The fraction of sp³-hybridized carbons (Fsp3) is 0.533. The first-order valence-corrected chi connectivity index (χ1v) is 7.74. The van der Waals surface area contributed by atoms with Gasteiger partial charge in [0.1, 0.15) is 0 Å². The van der Waals surface area contributed by atoms with Gasteiger partial charge in [-0.05, 0) is 43.6 Å². The Bertz CT molecular complexity index is 471. The summed E-state index contributed by atoms with van der Waals surface area (Å²) in [5.74, 6) is -0.787. The van der Waals surface area contributed by atoms with Gasteiger partial charge in [0, 0.05) is 6.04 Å². The molecule has 1 heterocycles. The molecule has 1 N–H and O–H groups in total. The zero-order valence-electron chi connectivity index (χ0n) is 11.3. The highest BCUT2D eigenvalue weighted by atomic mass is 35.5. The van der Waals surface area contributed by atoms with E-state index in [1.165, 1.54) is 12.8 Å². The normalized spacial score (nSPS) is 18.5. The molecule has 1 aromatic carbocycles. The van der Waals surface area contributed by atoms with Gasteiger partial charge in [0.25, 0.3) is 0 Å². The predicted molar refractivity (Wildman–Crippen MR) is 81.5 cm³/mol. The highest BCUT2D eigenvalue weighted by Gasteiger charge is 2.24. The van der Waals surface area contributed by atoms with Gasteiger partial charge in [0.2, 0.25) is 0 Å². The molecule has 0 aromatic heterocycles. The van der Waals surface area contributed by atoms with Gasteiger partial charge in [0.15, 0.2) is 0 Å². The summed E-state index contributed by atoms with van der Waals surface area (Å²) in [7, 11) is 0. The Morgan fingerprint density at radius 3 is 2.35 bits per heavy atom. The number of carboxylic acids is 1. The number of benzene rings is 1. The van der Waals surface area contributed by atoms with Gasteiger partial charge in [-0.25, -0.2) is 0 Å². The highest BCUT2D eigenvalue weighted by molar-refractivity contribution is 6.42. The van der Waals surface area contributed by atoms with Crippen LogP contribution in [0.1, 0.15) is 43.7 Å². The summed E-state index contributed by atoms with van der Waals surface area (Å²) in [4.78, 5) is 13.4. The van der Waals surface area contributed by atoms with Crippen LogP contribution < -0.4 is 0 Å². The molecule has 1 unspecified atom stereocenters. The maximum Gasteiger partial charge on any atom is 0.305 e. The molecule has 0 spiro atoms. The molecule has 1 aliphatic heterocycles. The van der Waals surface area contributed by atoms with Crippen molar-refractivity contribution >= 4 is 29.2 Å². The Kier molecular flexibility index (Phi) is 5.70. The molecule has 1 aromatic rings. The molecule has 0 aliphatic carbocycles. The van der Waals surface area contributed by atoms with Crippen LogP contribution >= 0.6 is 23.2 Å². The standard InChI is InChI=1S/C15H19Cl2NO2/c16-12-6-5-11(9-13(12)17)14(10-15(19)20)18-7-3-1-2-4-8-18/h5-6,9,14H,1-4,7-8,10H2,(H,19,20). The molecule has 1 saturated heterocycles. The SMILES string of the molecule is O=C(O)CC(c1ccc(Cl)c(Cl)c1)N1CCCCCC1. The third-order valence-corrected chi connectivity index (χ3v) is 4.52. The minimum atomic E-state index is -0.787. The minimum Gasteiger partial charge on any atom is -0.481 e. The summed E-state index contributed by atoms with van der Waals surface area (Å²) in [5, 5.41) is 10.2. The first-order valence-electron chi connectivity index (χ1n) is 6.98. The summed E-state index contributed by atoms with van der Waals surface area (Å²) in [6, 6.07) is 5.29. The first-order chi connectivity index (χ1) is 9.58. The van der Waals surface area contributed by atoms with Crippen molar-refractivity contribution in [2.24, 2.45) is 0 Å². The molecule has 2 rings (SSSR count). The molecular weight excluding hydrogens is 297 g/mol. The number of halogens is 2. The maximum absolute atomic E-state index is 11.2. The van der Waals surface area contributed by atoms with Crippen molar-refractivity contribution in [3.05, 3.63) is 33.8 Å². The number of carboxylic acid groups (broad SMARTS) is 1. The average molecular weight is 316 g/mol. The summed E-state index contributed by atoms with van der Waals surface area (Å²) >= 11 is 12.0. The number of hydrogen-bond donors (Lipinski definition) is 1. The third-order valence-electron chi connectivity index (χ3n) is 3.78. The van der Waals surface area contributed by atoms with Gasteiger partial charge in [-0.15, -0.1) is 0 Å². The Hall–Kier alpha value is -0.770. The molecule has 1 fully saturated rings. The van der Waals surface area contributed by atoms with Gasteiger partial charge in [-0.2, -0.15) is 0 Å². The summed E-state index contributed by atoms with van der Waals surface area (Å²) in [6.45, 7) is 1.89. The topological polar surface area (TPSA) is 40.5 Å². The molecule has 3 nitrogen and oxygen atoms in total. The lowest BCUT2D eigenvalue weighted by molar-refractivity contribution is -0.138. The molecule has 1 atom stereocenters. The van der Waals surface area contributed by atoms with Crippen molar-refractivity contribution in [3.63, 3.8) is 0 Å². The van der Waals surface area contributed by atoms with Gasteiger partial charge in [0.05, 0.1) is 16.5 Å². The van der Waals surface area contributed by atoms with Crippen molar-refractivity contribution in [2.45, 2.75) is 38.1 Å². The van der Waals surface area contributed by atoms with Crippen LogP contribution in [0.2, 0.25) is 10.0 Å². The van der Waals surface area contributed by atoms with Crippen LogP contribution in [0.25, 0.3) is 0 Å². The highest BCUT2D eigenvalue weighted by Crippen LogP contribution is 2.31. The van der Waals surface area contributed by atoms with Gasteiger partial charge in [-0.3, -0.25) is 9.69 Å². The van der Waals surface area contributed by atoms with Crippen molar-refractivity contribution in [1.29, 1.82) is 0 Å². The molecule has 0 bridgehead atoms. The van der Waals surface area contributed by atoms with Crippen molar-refractivity contribution in [1.82, 2.24) is 4.90 Å². The van der Waals surface area contributed by atoms with E-state index in [4.69, 9.17) is 23.2 Å². The molecule has 5 heteroatoms. The van der Waals surface area contributed by atoms with E-state index in [1.807, 2.05) is 6.07 Å². The third kappa shape index (κ3) is 4.11. The number of likely N-dealkylation sites (tertiary alicyclic amines) is 1. The fourth-order valence-corrected chi connectivity index (χ4v) is 3.06. The lowest BCUT2D eigenvalue weighted by Crippen LogP contribution is -2.31. The Morgan fingerprint density at radius 1 is 1.15 bits per heavy atom. The molecule has 20 heavy (non-hydrogen) atoms. The zero-order valence-corrected chi connectivity index (χ0v) is 12.8. The predicted octanol–water partition coefficient (Wildman–Crippen LogP) is 4.39. The van der Waals surface area contributed by atoms with Crippen LogP contribution in [0.3, 0.4) is 0 Å². The van der Waals surface area contributed by atoms with Gasteiger partial charge < -0.3 is 5.11 Å². The van der Waals surface area contributed by atoms with Crippen molar-refractivity contribution in [2.75, 3.05) is 13.1 Å². The van der Waals surface area contributed by atoms with E-state index in [2.05, 4.69) is 4.90 Å². The molecule has 1 aliphatic rings. The number of hydrogen-bond acceptors (Lipinski definition) is 2. The second-order valence-corrected chi connectivity index (χ2v) is 6.05. The number of rotatable bonds is 4. The smallest absolute Gasteiger partial charge is 0.305 e. The number of nitrogens with zero attached hydrogens (tertiary/aromatic N) is 1. The van der Waals surface area contributed by atoms with Crippen molar-refractivity contribution < 1.29 is 9.90 Å². The van der Waals surface area contributed by atoms with Gasteiger partial charge in [-0.1, -0.05) is 42.1 Å². The second-order valence-electron chi connectivity index (χ2n) is 5.24. The fourth-order valence-electron chi connectivity index (χ4n) is 2.75.